The van der Waals surface area contributed by atoms with Crippen LogP contribution >= 0.6 is 0 Å². The third-order valence-corrected chi connectivity index (χ3v) is 4.80. The lowest BCUT2D eigenvalue weighted by Crippen LogP contribution is -2.35. The minimum absolute atomic E-state index is 0.00661. The molecule has 0 radical (unpaired) electrons. The van der Waals surface area contributed by atoms with Crippen LogP contribution < -0.4 is 10.6 Å². The zero-order valence-electron chi connectivity index (χ0n) is 13.2. The predicted octanol–water partition coefficient (Wildman–Crippen LogP) is 2.41. The largest absolute Gasteiger partial charge is 0.360 e. The molecule has 0 bridgehead atoms. The molecule has 1 aliphatic carbocycles. The van der Waals surface area contributed by atoms with Crippen molar-refractivity contribution < 1.29 is 4.79 Å². The number of allylic oxidation sites excluding steroid dienone is 1. The van der Waals surface area contributed by atoms with Gasteiger partial charge in [0.05, 0.1) is 5.41 Å². The van der Waals surface area contributed by atoms with Gasteiger partial charge in [-0.1, -0.05) is 12.1 Å². The molecular formula is C19H13N5O. The second-order valence-electron chi connectivity index (χ2n) is 6.20. The fourth-order valence-electron chi connectivity index (χ4n) is 3.60. The Morgan fingerprint density at radius 1 is 1.24 bits per heavy atom. The number of nitrogens with one attached hydrogen (secondary N) is 2. The van der Waals surface area contributed by atoms with Crippen molar-refractivity contribution in [2.24, 2.45) is 0 Å². The molecule has 1 unspecified atom stereocenters. The molecule has 6 nitrogen and oxygen atoms in total. The van der Waals surface area contributed by atoms with Gasteiger partial charge in [0.2, 0.25) is 5.91 Å². The first-order valence-electron chi connectivity index (χ1n) is 7.82. The minimum atomic E-state index is -0.592. The highest BCUT2D eigenvalue weighted by Gasteiger charge is 2.50. The van der Waals surface area contributed by atoms with Gasteiger partial charge in [-0.25, -0.2) is 4.98 Å². The van der Waals surface area contributed by atoms with Crippen LogP contribution in [-0.4, -0.2) is 10.9 Å². The van der Waals surface area contributed by atoms with Crippen LogP contribution in [0.3, 0.4) is 0 Å². The van der Waals surface area contributed by atoms with Crippen LogP contribution in [0, 0.1) is 22.7 Å². The van der Waals surface area contributed by atoms with Crippen molar-refractivity contribution >= 4 is 17.4 Å². The Morgan fingerprint density at radius 2 is 2.04 bits per heavy atom. The maximum Gasteiger partial charge on any atom is 0.237 e. The molecule has 2 N–H and O–H groups in total. The van der Waals surface area contributed by atoms with E-state index in [4.69, 9.17) is 10.5 Å². The van der Waals surface area contributed by atoms with Crippen LogP contribution in [0.15, 0.2) is 48.3 Å². The molecule has 0 saturated heterocycles. The number of hydrogen-bond donors (Lipinski definition) is 2. The highest BCUT2D eigenvalue weighted by atomic mass is 16.2. The fourth-order valence-corrected chi connectivity index (χ4v) is 3.60. The number of fused-ring (bicyclic) bond motifs is 3. The summed E-state index contributed by atoms with van der Waals surface area (Å²) in [5.74, 6) is 0.636. The van der Waals surface area contributed by atoms with Crippen molar-refractivity contribution in [3.05, 3.63) is 65.0 Å². The lowest BCUT2D eigenvalue weighted by molar-refractivity contribution is -0.120. The second kappa shape index (κ2) is 5.47. The van der Waals surface area contributed by atoms with E-state index in [2.05, 4.69) is 15.6 Å². The number of nitriles is 2. The number of pyridine rings is 1. The number of aromatic nitrogens is 1. The minimum Gasteiger partial charge on any atom is -0.360 e. The molecule has 1 amide bonds. The standard InChI is InChI=1S/C19H13N5O/c20-9-12(10-21)11-23-15-4-3-13-7-19(8-14(13)6-15)16-2-1-5-22-17(16)24-18(19)25/h1-6,11,23H,7-8H2,(H,22,24,25). The Morgan fingerprint density at radius 3 is 2.84 bits per heavy atom. The van der Waals surface area contributed by atoms with Crippen LogP contribution in [0.25, 0.3) is 0 Å². The molecule has 1 aromatic heterocycles. The Kier molecular flexibility index (Phi) is 3.26. The third kappa shape index (κ3) is 2.24. The molecule has 1 spiro atoms. The summed E-state index contributed by atoms with van der Waals surface area (Å²) in [4.78, 5) is 16.9. The highest BCUT2D eigenvalue weighted by Crippen LogP contribution is 2.46. The van der Waals surface area contributed by atoms with Gasteiger partial charge < -0.3 is 10.6 Å². The molecule has 6 heteroatoms. The van der Waals surface area contributed by atoms with E-state index in [-0.39, 0.29) is 11.5 Å². The van der Waals surface area contributed by atoms with Crippen LogP contribution in [0.5, 0.6) is 0 Å². The number of nitrogens with zero attached hydrogens (tertiary/aromatic N) is 3. The molecular weight excluding hydrogens is 314 g/mol. The van der Waals surface area contributed by atoms with Gasteiger partial charge in [0.1, 0.15) is 23.5 Å². The number of rotatable bonds is 2. The zero-order valence-corrected chi connectivity index (χ0v) is 13.2. The monoisotopic (exact) mass is 327 g/mol. The van der Waals surface area contributed by atoms with Crippen molar-refractivity contribution in [1.29, 1.82) is 10.5 Å². The van der Waals surface area contributed by atoms with E-state index in [9.17, 15) is 4.79 Å². The van der Waals surface area contributed by atoms with Crippen LogP contribution in [0.4, 0.5) is 11.5 Å². The summed E-state index contributed by atoms with van der Waals surface area (Å²) in [6, 6.07) is 13.3. The third-order valence-electron chi connectivity index (χ3n) is 4.80. The Balaban J connectivity index is 1.66. The molecule has 2 heterocycles. The molecule has 2 aromatic rings. The number of carbonyl (C=O) groups excluding carboxylic acids is 1. The Labute approximate surface area is 144 Å². The first-order chi connectivity index (χ1) is 12.2. The summed E-state index contributed by atoms with van der Waals surface area (Å²) in [5, 5.41) is 23.4. The van der Waals surface area contributed by atoms with E-state index < -0.39 is 5.41 Å². The number of amides is 1. The van der Waals surface area contributed by atoms with Gasteiger partial charge in [0, 0.05) is 23.6 Å². The van der Waals surface area contributed by atoms with Crippen molar-refractivity contribution in [2.75, 3.05) is 10.6 Å². The molecule has 2 aliphatic rings. The van der Waals surface area contributed by atoms with Crippen molar-refractivity contribution in [3.63, 3.8) is 0 Å². The molecule has 1 aliphatic heterocycles. The van der Waals surface area contributed by atoms with Gasteiger partial charge in [-0.2, -0.15) is 10.5 Å². The molecule has 1 aromatic carbocycles. The molecule has 0 fully saturated rings. The van der Waals surface area contributed by atoms with E-state index >= 15 is 0 Å². The van der Waals surface area contributed by atoms with E-state index in [0.29, 0.717) is 18.7 Å². The molecule has 25 heavy (non-hydrogen) atoms. The van der Waals surface area contributed by atoms with Gasteiger partial charge in [-0.05, 0) is 42.2 Å². The number of anilines is 2. The normalized spacial score (nSPS) is 19.4. The summed E-state index contributed by atoms with van der Waals surface area (Å²) >= 11 is 0. The Hall–Kier alpha value is -3.64. The van der Waals surface area contributed by atoms with Gasteiger partial charge in [-0.3, -0.25) is 4.79 Å². The number of carbonyl (C=O) groups is 1. The van der Waals surface area contributed by atoms with Crippen molar-refractivity contribution in [1.82, 2.24) is 4.98 Å². The molecule has 4 rings (SSSR count). The molecule has 0 saturated carbocycles. The summed E-state index contributed by atoms with van der Waals surface area (Å²) in [6.07, 6.45) is 4.31. The maximum atomic E-state index is 12.7. The van der Waals surface area contributed by atoms with Gasteiger partial charge in [-0.15, -0.1) is 0 Å². The number of benzene rings is 1. The summed E-state index contributed by atoms with van der Waals surface area (Å²) in [5.41, 5.74) is 3.35. The predicted molar refractivity (Wildman–Crippen MR) is 91.3 cm³/mol. The first-order valence-corrected chi connectivity index (χ1v) is 7.82. The lowest BCUT2D eigenvalue weighted by Gasteiger charge is -2.20. The van der Waals surface area contributed by atoms with Gasteiger partial charge in [0.25, 0.3) is 0 Å². The van der Waals surface area contributed by atoms with Crippen molar-refractivity contribution in [3.8, 4) is 12.1 Å². The van der Waals surface area contributed by atoms with Gasteiger partial charge >= 0.3 is 0 Å². The van der Waals surface area contributed by atoms with Crippen LogP contribution in [0.1, 0.15) is 16.7 Å². The maximum absolute atomic E-state index is 12.7. The van der Waals surface area contributed by atoms with E-state index in [1.807, 2.05) is 42.5 Å². The summed E-state index contributed by atoms with van der Waals surface area (Å²) in [6.45, 7) is 0. The lowest BCUT2D eigenvalue weighted by atomic mass is 9.79. The van der Waals surface area contributed by atoms with E-state index in [1.165, 1.54) is 6.20 Å². The average Bonchev–Trinajstić information content (AvgIpc) is 3.14. The SMILES string of the molecule is N#CC(C#N)=CNc1ccc2c(c1)CC1(C2)C(=O)Nc2ncccc21. The second-order valence-corrected chi connectivity index (χ2v) is 6.20. The summed E-state index contributed by atoms with van der Waals surface area (Å²) < 4.78 is 0. The highest BCUT2D eigenvalue weighted by molar-refractivity contribution is 6.06. The number of hydrogen-bond acceptors (Lipinski definition) is 5. The average molecular weight is 327 g/mol. The van der Waals surface area contributed by atoms with Crippen LogP contribution in [0.2, 0.25) is 0 Å². The van der Waals surface area contributed by atoms with Crippen molar-refractivity contribution in [2.45, 2.75) is 18.3 Å². The zero-order chi connectivity index (χ0) is 17.4. The molecule has 1 atom stereocenters. The van der Waals surface area contributed by atoms with E-state index in [0.717, 1.165) is 22.4 Å². The Bertz CT molecular complexity index is 995. The molecule has 120 valence electrons. The van der Waals surface area contributed by atoms with Gasteiger partial charge in [0.15, 0.2) is 0 Å². The quantitative estimate of drug-likeness (QED) is 0.825. The van der Waals surface area contributed by atoms with Crippen LogP contribution in [-0.2, 0) is 23.1 Å². The summed E-state index contributed by atoms with van der Waals surface area (Å²) in [7, 11) is 0. The first kappa shape index (κ1) is 14.9. The smallest absolute Gasteiger partial charge is 0.237 e. The fraction of sp³-hybridized carbons (Fsp3) is 0.158. The topological polar surface area (TPSA) is 102 Å². The van der Waals surface area contributed by atoms with E-state index in [1.54, 1.807) is 6.20 Å².